The van der Waals surface area contributed by atoms with Gasteiger partial charge < -0.3 is 4.74 Å². The zero-order chi connectivity index (χ0) is 13.7. The molecule has 98 valence electrons. The maximum Gasteiger partial charge on any atom is 0.316 e. The maximum absolute atomic E-state index is 13.6. The molecule has 0 radical (unpaired) electrons. The Hall–Kier alpha value is -1.42. The van der Waals surface area contributed by atoms with Gasteiger partial charge in [-0.25, -0.2) is 4.39 Å². The number of carbonyl (C=O) groups is 2. The lowest BCUT2D eigenvalue weighted by Gasteiger charge is -2.13. The van der Waals surface area contributed by atoms with Gasteiger partial charge >= 0.3 is 5.97 Å². The molecule has 0 heterocycles. The quantitative estimate of drug-likeness (QED) is 0.611. The van der Waals surface area contributed by atoms with Crippen LogP contribution in [0, 0.1) is 11.7 Å². The normalized spacial score (nSPS) is 12.0. The molecule has 18 heavy (non-hydrogen) atoms. The molecule has 0 amide bonds. The summed E-state index contributed by atoms with van der Waals surface area (Å²) in [7, 11) is 0. The minimum Gasteiger partial charge on any atom is -0.465 e. The third-order valence-electron chi connectivity index (χ3n) is 2.53. The molecule has 0 aliphatic heterocycles. The van der Waals surface area contributed by atoms with Gasteiger partial charge in [-0.2, -0.15) is 0 Å². The summed E-state index contributed by atoms with van der Waals surface area (Å²) in [4.78, 5) is 23.0. The summed E-state index contributed by atoms with van der Waals surface area (Å²) in [6, 6.07) is 4.22. The predicted molar refractivity (Wildman–Crippen MR) is 65.9 cm³/mol. The lowest BCUT2D eigenvalue weighted by Crippen LogP contribution is -2.27. The Labute approximate surface area is 110 Å². The molecule has 0 bridgehead atoms. The van der Waals surface area contributed by atoms with E-state index in [1.165, 1.54) is 25.1 Å². The third-order valence-corrected chi connectivity index (χ3v) is 2.89. The summed E-state index contributed by atoms with van der Waals surface area (Å²) in [5.41, 5.74) is 0.160. The molecule has 0 aliphatic rings. The predicted octanol–water partition coefficient (Wildman–Crippen LogP) is 2.79. The second-order valence-electron chi connectivity index (χ2n) is 3.82. The van der Waals surface area contributed by atoms with E-state index in [9.17, 15) is 14.0 Å². The van der Waals surface area contributed by atoms with Crippen molar-refractivity contribution in [3.63, 3.8) is 0 Å². The number of carbonyl (C=O) groups excluding carboxylic acids is 2. The molecule has 0 spiro atoms. The van der Waals surface area contributed by atoms with Gasteiger partial charge in [0.05, 0.1) is 6.61 Å². The molecule has 0 fully saturated rings. The van der Waals surface area contributed by atoms with E-state index in [-0.39, 0.29) is 29.4 Å². The number of Topliss-reactive ketones (excluding diaryl/α,β-unsaturated/α-hetero) is 1. The largest absolute Gasteiger partial charge is 0.465 e. The Bertz CT molecular complexity index is 439. The summed E-state index contributed by atoms with van der Waals surface area (Å²) in [5, 5.41) is 0.200. The Kier molecular flexibility index (Phi) is 5.28. The van der Waals surface area contributed by atoms with E-state index in [4.69, 9.17) is 16.3 Å². The van der Waals surface area contributed by atoms with Crippen LogP contribution < -0.4 is 0 Å². The Morgan fingerprint density at radius 2 is 2.11 bits per heavy atom. The van der Waals surface area contributed by atoms with Crippen LogP contribution in [0.15, 0.2) is 18.2 Å². The molecule has 0 saturated heterocycles. The molecule has 0 aromatic heterocycles. The van der Waals surface area contributed by atoms with Gasteiger partial charge in [0.1, 0.15) is 17.5 Å². The van der Waals surface area contributed by atoms with E-state index in [2.05, 4.69) is 0 Å². The molecule has 1 aromatic carbocycles. The molecular weight excluding hydrogens is 259 g/mol. The molecule has 3 nitrogen and oxygen atoms in total. The Morgan fingerprint density at radius 1 is 1.44 bits per heavy atom. The number of ketones is 1. The van der Waals surface area contributed by atoms with Crippen LogP contribution >= 0.6 is 11.6 Å². The number of hydrogen-bond acceptors (Lipinski definition) is 3. The molecule has 1 aromatic rings. The van der Waals surface area contributed by atoms with Crippen LogP contribution in [0.3, 0.4) is 0 Å². The van der Waals surface area contributed by atoms with Gasteiger partial charge in [0.25, 0.3) is 0 Å². The number of esters is 1. The van der Waals surface area contributed by atoms with Crippen molar-refractivity contribution < 1.29 is 18.7 Å². The molecular formula is C13H14ClFO3. The minimum absolute atomic E-state index is 0.0837. The fraction of sp³-hybridized carbons (Fsp3) is 0.385. The second kappa shape index (κ2) is 6.50. The van der Waals surface area contributed by atoms with Gasteiger partial charge in [-0.3, -0.25) is 9.59 Å². The average molecular weight is 273 g/mol. The van der Waals surface area contributed by atoms with Gasteiger partial charge in [0.2, 0.25) is 0 Å². The lowest BCUT2D eigenvalue weighted by molar-refractivity contribution is -0.151. The number of benzene rings is 1. The first kappa shape index (κ1) is 14.6. The van der Waals surface area contributed by atoms with E-state index < -0.39 is 17.7 Å². The molecule has 0 aliphatic carbocycles. The first-order valence-electron chi connectivity index (χ1n) is 5.57. The summed E-state index contributed by atoms with van der Waals surface area (Å²) in [6.07, 6.45) is -0.0837. The SMILES string of the molecule is CCOC(=O)[C@H](Cc1c(F)cccc1Cl)C(C)=O. The van der Waals surface area contributed by atoms with Crippen LogP contribution in [0.2, 0.25) is 5.02 Å². The van der Waals surface area contributed by atoms with Crippen molar-refractivity contribution in [2.45, 2.75) is 20.3 Å². The number of halogens is 2. The van der Waals surface area contributed by atoms with Crippen molar-refractivity contribution in [3.8, 4) is 0 Å². The van der Waals surface area contributed by atoms with E-state index >= 15 is 0 Å². The van der Waals surface area contributed by atoms with Crippen LogP contribution in [0.5, 0.6) is 0 Å². The molecule has 0 N–H and O–H groups in total. The van der Waals surface area contributed by atoms with E-state index in [0.29, 0.717) is 0 Å². The highest BCUT2D eigenvalue weighted by molar-refractivity contribution is 6.31. The highest BCUT2D eigenvalue weighted by Gasteiger charge is 2.27. The van der Waals surface area contributed by atoms with Gasteiger partial charge in [0.15, 0.2) is 0 Å². The second-order valence-corrected chi connectivity index (χ2v) is 4.23. The topological polar surface area (TPSA) is 43.4 Å². The fourth-order valence-corrected chi connectivity index (χ4v) is 1.81. The first-order valence-corrected chi connectivity index (χ1v) is 5.95. The van der Waals surface area contributed by atoms with Gasteiger partial charge in [-0.15, -0.1) is 0 Å². The summed E-state index contributed by atoms with van der Waals surface area (Å²) in [5.74, 6) is -2.56. The van der Waals surface area contributed by atoms with Crippen molar-refractivity contribution in [1.29, 1.82) is 0 Å². The zero-order valence-corrected chi connectivity index (χ0v) is 11.0. The average Bonchev–Trinajstić information content (AvgIpc) is 2.28. The van der Waals surface area contributed by atoms with Crippen molar-refractivity contribution in [3.05, 3.63) is 34.6 Å². The Balaban J connectivity index is 2.97. The lowest BCUT2D eigenvalue weighted by atomic mass is 9.95. The third kappa shape index (κ3) is 3.53. The molecule has 5 heteroatoms. The van der Waals surface area contributed by atoms with Crippen molar-refractivity contribution in [2.24, 2.45) is 5.92 Å². The first-order chi connectivity index (χ1) is 8.47. The van der Waals surface area contributed by atoms with Crippen LogP contribution in [-0.2, 0) is 20.7 Å². The Morgan fingerprint density at radius 3 is 2.61 bits per heavy atom. The van der Waals surface area contributed by atoms with Crippen LogP contribution in [0.25, 0.3) is 0 Å². The van der Waals surface area contributed by atoms with E-state index in [1.54, 1.807) is 6.92 Å². The zero-order valence-electron chi connectivity index (χ0n) is 10.2. The molecule has 0 unspecified atom stereocenters. The van der Waals surface area contributed by atoms with Crippen LogP contribution in [-0.4, -0.2) is 18.4 Å². The number of hydrogen-bond donors (Lipinski definition) is 0. The van der Waals surface area contributed by atoms with E-state index in [1.807, 2.05) is 0 Å². The smallest absolute Gasteiger partial charge is 0.316 e. The highest BCUT2D eigenvalue weighted by atomic mass is 35.5. The summed E-state index contributed by atoms with van der Waals surface area (Å²) >= 11 is 5.86. The monoisotopic (exact) mass is 272 g/mol. The summed E-state index contributed by atoms with van der Waals surface area (Å²) in [6.45, 7) is 3.09. The van der Waals surface area contributed by atoms with E-state index in [0.717, 1.165) is 0 Å². The van der Waals surface area contributed by atoms with Crippen LogP contribution in [0.4, 0.5) is 4.39 Å². The van der Waals surface area contributed by atoms with Gasteiger partial charge in [-0.05, 0) is 32.4 Å². The van der Waals surface area contributed by atoms with Gasteiger partial charge in [0, 0.05) is 10.6 Å². The molecule has 1 rings (SSSR count). The van der Waals surface area contributed by atoms with Gasteiger partial charge in [-0.1, -0.05) is 17.7 Å². The summed E-state index contributed by atoms with van der Waals surface area (Å²) < 4.78 is 18.4. The van der Waals surface area contributed by atoms with Crippen molar-refractivity contribution in [2.75, 3.05) is 6.61 Å². The standard InChI is InChI=1S/C13H14ClFO3/c1-3-18-13(17)9(8(2)16)7-10-11(14)5-4-6-12(10)15/h4-6,9H,3,7H2,1-2H3/t9-/m1/s1. The van der Waals surface area contributed by atoms with Crippen LogP contribution in [0.1, 0.15) is 19.4 Å². The number of ether oxygens (including phenoxy) is 1. The van der Waals surface area contributed by atoms with Crippen molar-refractivity contribution >= 4 is 23.4 Å². The fourth-order valence-electron chi connectivity index (χ4n) is 1.57. The van der Waals surface area contributed by atoms with Crippen molar-refractivity contribution in [1.82, 2.24) is 0 Å². The molecule has 0 saturated carbocycles. The number of rotatable bonds is 5. The minimum atomic E-state index is -1.01. The molecule has 1 atom stereocenters. The maximum atomic E-state index is 13.6. The highest BCUT2D eigenvalue weighted by Crippen LogP contribution is 2.23.